The molecule has 0 saturated carbocycles. The van der Waals surface area contributed by atoms with E-state index in [4.69, 9.17) is 5.73 Å². The molecule has 0 aliphatic carbocycles. The van der Waals surface area contributed by atoms with Gasteiger partial charge in [-0.3, -0.25) is 0 Å². The van der Waals surface area contributed by atoms with Crippen molar-refractivity contribution in [1.82, 2.24) is 0 Å². The molecule has 0 aromatic heterocycles. The molecular weight excluding hydrogens is 263 g/mol. The predicted octanol–water partition coefficient (Wildman–Crippen LogP) is 3.96. The average molecular weight is 279 g/mol. The minimum Gasteiger partial charge on any atom is -0.323 e. The molecule has 2 N–H and O–H groups in total. The Morgan fingerprint density at radius 2 is 1.60 bits per heavy atom. The lowest BCUT2D eigenvalue weighted by molar-refractivity contribution is 0.501. The highest BCUT2D eigenvalue weighted by Crippen LogP contribution is 2.25. The van der Waals surface area contributed by atoms with E-state index in [9.17, 15) is 13.2 Å². The maximum atomic E-state index is 13.7. The van der Waals surface area contributed by atoms with Crippen LogP contribution in [0, 0.1) is 31.3 Å². The Morgan fingerprint density at radius 3 is 2.20 bits per heavy atom. The number of rotatable bonds is 3. The molecule has 1 atom stereocenters. The summed E-state index contributed by atoms with van der Waals surface area (Å²) in [7, 11) is 0. The molecular formula is C16H16F3N. The van der Waals surface area contributed by atoms with Crippen LogP contribution in [0.15, 0.2) is 30.3 Å². The highest BCUT2D eigenvalue weighted by atomic mass is 19.1. The molecule has 0 amide bonds. The first-order valence-corrected chi connectivity index (χ1v) is 6.34. The second-order valence-electron chi connectivity index (χ2n) is 5.02. The lowest BCUT2D eigenvalue weighted by Gasteiger charge is -2.16. The summed E-state index contributed by atoms with van der Waals surface area (Å²) in [5.41, 5.74) is 8.62. The van der Waals surface area contributed by atoms with E-state index in [1.54, 1.807) is 0 Å². The Bertz CT molecular complexity index is 615. The first kappa shape index (κ1) is 14.6. The highest BCUT2D eigenvalue weighted by Gasteiger charge is 2.19. The zero-order valence-corrected chi connectivity index (χ0v) is 11.4. The molecule has 0 saturated heterocycles. The smallest absolute Gasteiger partial charge is 0.133 e. The molecule has 4 heteroatoms. The molecule has 2 aromatic rings. The third-order valence-electron chi connectivity index (χ3n) is 3.36. The molecule has 2 rings (SSSR count). The SMILES string of the molecule is Cc1ccc(C)c(CC(N)c2c(F)cc(F)cc2F)c1. The van der Waals surface area contributed by atoms with Crippen molar-refractivity contribution < 1.29 is 13.2 Å². The molecule has 0 bridgehead atoms. The highest BCUT2D eigenvalue weighted by molar-refractivity contribution is 5.33. The maximum Gasteiger partial charge on any atom is 0.133 e. The van der Waals surface area contributed by atoms with Gasteiger partial charge in [0.1, 0.15) is 17.5 Å². The molecule has 0 fully saturated rings. The van der Waals surface area contributed by atoms with Crippen LogP contribution in [0.5, 0.6) is 0 Å². The summed E-state index contributed by atoms with van der Waals surface area (Å²) in [6.45, 7) is 3.85. The van der Waals surface area contributed by atoms with Crippen LogP contribution in [0.1, 0.15) is 28.3 Å². The maximum absolute atomic E-state index is 13.7. The molecule has 0 aliphatic heterocycles. The summed E-state index contributed by atoms with van der Waals surface area (Å²) in [5.74, 6) is -2.83. The van der Waals surface area contributed by atoms with Gasteiger partial charge < -0.3 is 5.73 Å². The van der Waals surface area contributed by atoms with Crippen LogP contribution in [0.25, 0.3) is 0 Å². The second-order valence-corrected chi connectivity index (χ2v) is 5.02. The summed E-state index contributed by atoms with van der Waals surface area (Å²) in [5, 5.41) is 0. The summed E-state index contributed by atoms with van der Waals surface area (Å²) in [6.07, 6.45) is 0.299. The number of hydrogen-bond acceptors (Lipinski definition) is 1. The molecule has 106 valence electrons. The van der Waals surface area contributed by atoms with Crippen LogP contribution >= 0.6 is 0 Å². The summed E-state index contributed by atoms with van der Waals surface area (Å²) < 4.78 is 40.3. The van der Waals surface area contributed by atoms with Crippen molar-refractivity contribution in [2.24, 2.45) is 5.73 Å². The van der Waals surface area contributed by atoms with E-state index in [-0.39, 0.29) is 5.56 Å². The quantitative estimate of drug-likeness (QED) is 0.904. The number of aryl methyl sites for hydroxylation is 2. The molecule has 0 radical (unpaired) electrons. The van der Waals surface area contributed by atoms with E-state index in [0.29, 0.717) is 18.6 Å². The van der Waals surface area contributed by atoms with E-state index < -0.39 is 23.5 Å². The second kappa shape index (κ2) is 5.67. The van der Waals surface area contributed by atoms with Crippen molar-refractivity contribution >= 4 is 0 Å². The van der Waals surface area contributed by atoms with Gasteiger partial charge in [0.2, 0.25) is 0 Å². The number of nitrogens with two attached hydrogens (primary N) is 1. The minimum atomic E-state index is -0.944. The lowest BCUT2D eigenvalue weighted by atomic mass is 9.95. The van der Waals surface area contributed by atoms with E-state index in [1.165, 1.54) is 0 Å². The third-order valence-corrected chi connectivity index (χ3v) is 3.36. The number of benzene rings is 2. The zero-order valence-electron chi connectivity index (χ0n) is 11.4. The molecule has 2 aromatic carbocycles. The Morgan fingerprint density at radius 1 is 1.00 bits per heavy atom. The van der Waals surface area contributed by atoms with Crippen molar-refractivity contribution in [3.63, 3.8) is 0 Å². The summed E-state index contributed by atoms with van der Waals surface area (Å²) in [6, 6.07) is 6.30. The van der Waals surface area contributed by atoms with Gasteiger partial charge in [0.05, 0.1) is 0 Å². The van der Waals surface area contributed by atoms with Crippen molar-refractivity contribution in [2.75, 3.05) is 0 Å². The van der Waals surface area contributed by atoms with Crippen LogP contribution in [0.3, 0.4) is 0 Å². The van der Waals surface area contributed by atoms with Gasteiger partial charge >= 0.3 is 0 Å². The normalized spacial score (nSPS) is 12.5. The Kier molecular flexibility index (Phi) is 4.14. The van der Waals surface area contributed by atoms with Gasteiger partial charge in [0, 0.05) is 23.7 Å². The first-order chi connectivity index (χ1) is 9.38. The number of hydrogen-bond donors (Lipinski definition) is 1. The topological polar surface area (TPSA) is 26.0 Å². The molecule has 0 aliphatic rings. The largest absolute Gasteiger partial charge is 0.323 e. The van der Waals surface area contributed by atoms with Crippen molar-refractivity contribution in [3.05, 3.63) is 70.0 Å². The Balaban J connectivity index is 2.33. The minimum absolute atomic E-state index is 0.271. The van der Waals surface area contributed by atoms with Crippen molar-refractivity contribution in [2.45, 2.75) is 26.3 Å². The fraction of sp³-hybridized carbons (Fsp3) is 0.250. The fourth-order valence-electron chi connectivity index (χ4n) is 2.27. The number of halogens is 3. The predicted molar refractivity (Wildman–Crippen MR) is 72.9 cm³/mol. The summed E-state index contributed by atoms with van der Waals surface area (Å²) >= 11 is 0. The summed E-state index contributed by atoms with van der Waals surface area (Å²) in [4.78, 5) is 0. The van der Waals surface area contributed by atoms with E-state index in [1.807, 2.05) is 32.0 Å². The van der Waals surface area contributed by atoms with E-state index in [2.05, 4.69) is 0 Å². The van der Waals surface area contributed by atoms with Crippen LogP contribution < -0.4 is 5.73 Å². The monoisotopic (exact) mass is 279 g/mol. The third kappa shape index (κ3) is 3.02. The van der Waals surface area contributed by atoms with Crippen LogP contribution in [0.2, 0.25) is 0 Å². The molecule has 1 nitrogen and oxygen atoms in total. The zero-order chi connectivity index (χ0) is 14.9. The lowest BCUT2D eigenvalue weighted by Crippen LogP contribution is -2.18. The first-order valence-electron chi connectivity index (χ1n) is 6.34. The fourth-order valence-corrected chi connectivity index (χ4v) is 2.27. The molecule has 0 spiro atoms. The van der Waals surface area contributed by atoms with Gasteiger partial charge in [-0.2, -0.15) is 0 Å². The van der Waals surface area contributed by atoms with Crippen molar-refractivity contribution in [1.29, 1.82) is 0 Å². The Labute approximate surface area is 116 Å². The average Bonchev–Trinajstić information content (AvgIpc) is 2.32. The van der Waals surface area contributed by atoms with Gasteiger partial charge in [-0.25, -0.2) is 13.2 Å². The molecule has 20 heavy (non-hydrogen) atoms. The van der Waals surface area contributed by atoms with Gasteiger partial charge in [0.15, 0.2) is 0 Å². The van der Waals surface area contributed by atoms with Gasteiger partial charge in [-0.15, -0.1) is 0 Å². The van der Waals surface area contributed by atoms with Gasteiger partial charge in [0.25, 0.3) is 0 Å². The van der Waals surface area contributed by atoms with E-state index in [0.717, 1.165) is 16.7 Å². The van der Waals surface area contributed by atoms with Gasteiger partial charge in [-0.1, -0.05) is 23.8 Å². The van der Waals surface area contributed by atoms with Crippen LogP contribution in [-0.2, 0) is 6.42 Å². The molecule has 1 unspecified atom stereocenters. The Hall–Kier alpha value is -1.81. The van der Waals surface area contributed by atoms with Crippen LogP contribution in [0.4, 0.5) is 13.2 Å². The molecule has 0 heterocycles. The van der Waals surface area contributed by atoms with Crippen molar-refractivity contribution in [3.8, 4) is 0 Å². The van der Waals surface area contributed by atoms with E-state index >= 15 is 0 Å². The standard InChI is InChI=1S/C16H16F3N/c1-9-3-4-10(2)11(5-9)6-15(20)16-13(18)7-12(17)8-14(16)19/h3-5,7-8,15H,6,20H2,1-2H3. The van der Waals surface area contributed by atoms with Gasteiger partial charge in [-0.05, 0) is 31.4 Å². The van der Waals surface area contributed by atoms with Crippen LogP contribution in [-0.4, -0.2) is 0 Å².